The molecule has 0 spiro atoms. The van der Waals surface area contributed by atoms with Gasteiger partial charge in [0.05, 0.1) is 16.7 Å². The number of fused-ring (bicyclic) bond motifs is 1. The molecule has 23 heavy (non-hydrogen) atoms. The number of halogens is 2. The van der Waals surface area contributed by atoms with E-state index in [4.69, 9.17) is 27.9 Å². The molecule has 2 aromatic heterocycles. The van der Waals surface area contributed by atoms with Crippen molar-refractivity contribution in [3.05, 3.63) is 46.6 Å². The summed E-state index contributed by atoms with van der Waals surface area (Å²) in [6.07, 6.45) is 1.66. The summed E-state index contributed by atoms with van der Waals surface area (Å²) >= 11 is 12.1. The zero-order valence-corrected chi connectivity index (χ0v) is 13.8. The van der Waals surface area contributed by atoms with Gasteiger partial charge in [0.25, 0.3) is 0 Å². The molecule has 0 bridgehead atoms. The summed E-state index contributed by atoms with van der Waals surface area (Å²) in [7, 11) is 0. The van der Waals surface area contributed by atoms with Gasteiger partial charge in [-0.1, -0.05) is 23.2 Å². The third-order valence-corrected chi connectivity index (χ3v) is 4.01. The number of ether oxygens (including phenoxy) is 1. The van der Waals surface area contributed by atoms with Crippen LogP contribution in [-0.4, -0.2) is 27.1 Å². The summed E-state index contributed by atoms with van der Waals surface area (Å²) in [6.45, 7) is 2.11. The second-order valence-corrected chi connectivity index (χ2v) is 5.62. The molecule has 1 aromatic carbocycles. The first kappa shape index (κ1) is 15.8. The molecule has 0 aliphatic rings. The highest BCUT2D eigenvalue weighted by molar-refractivity contribution is 6.42. The first-order valence-corrected chi connectivity index (χ1v) is 7.78. The highest BCUT2D eigenvalue weighted by Gasteiger charge is 2.17. The molecule has 3 rings (SSSR count). The summed E-state index contributed by atoms with van der Waals surface area (Å²) in [5.41, 5.74) is 2.06. The number of aromatic nitrogens is 3. The smallest absolute Gasteiger partial charge is 0.326 e. The third kappa shape index (κ3) is 3.16. The van der Waals surface area contributed by atoms with Gasteiger partial charge in [-0.2, -0.15) is 0 Å². The van der Waals surface area contributed by atoms with E-state index >= 15 is 0 Å². The number of hydrogen-bond acceptors (Lipinski definition) is 4. The maximum Gasteiger partial charge on any atom is 0.326 e. The average molecular weight is 350 g/mol. The molecule has 118 valence electrons. The van der Waals surface area contributed by atoms with Crippen LogP contribution >= 0.6 is 23.2 Å². The van der Waals surface area contributed by atoms with Gasteiger partial charge in [-0.3, -0.25) is 9.36 Å². The van der Waals surface area contributed by atoms with Crippen molar-refractivity contribution >= 4 is 40.3 Å². The standard InChI is InChI=1S/C16H13Cl2N3O2/c1-2-23-14(22)9-21-15(10-5-6-11(17)12(18)8-10)20-13-4-3-7-19-16(13)21/h3-8H,2,9H2,1H3. The molecule has 0 fully saturated rings. The quantitative estimate of drug-likeness (QED) is 0.668. The number of carbonyl (C=O) groups is 1. The fourth-order valence-electron chi connectivity index (χ4n) is 2.30. The Kier molecular flexibility index (Phi) is 4.50. The average Bonchev–Trinajstić information content (AvgIpc) is 2.89. The molecular weight excluding hydrogens is 337 g/mol. The lowest BCUT2D eigenvalue weighted by Gasteiger charge is -2.09. The summed E-state index contributed by atoms with van der Waals surface area (Å²) in [5, 5.41) is 0.883. The molecular formula is C16H13Cl2N3O2. The minimum absolute atomic E-state index is 0.0247. The number of rotatable bonds is 4. The predicted molar refractivity (Wildman–Crippen MR) is 89.6 cm³/mol. The Morgan fingerprint density at radius 2 is 2.09 bits per heavy atom. The fourth-order valence-corrected chi connectivity index (χ4v) is 2.60. The van der Waals surface area contributed by atoms with Gasteiger partial charge in [-0.05, 0) is 37.3 Å². The maximum atomic E-state index is 11.9. The minimum atomic E-state index is -0.348. The van der Waals surface area contributed by atoms with Crippen LogP contribution in [0.25, 0.3) is 22.6 Å². The van der Waals surface area contributed by atoms with Crippen LogP contribution in [0, 0.1) is 0 Å². The maximum absolute atomic E-state index is 11.9. The van der Waals surface area contributed by atoms with Crippen LogP contribution in [0.5, 0.6) is 0 Å². The van der Waals surface area contributed by atoms with Crippen molar-refractivity contribution in [2.45, 2.75) is 13.5 Å². The molecule has 0 saturated heterocycles. The molecule has 0 saturated carbocycles. The minimum Gasteiger partial charge on any atom is -0.465 e. The highest BCUT2D eigenvalue weighted by Crippen LogP contribution is 2.29. The number of hydrogen-bond donors (Lipinski definition) is 0. The van der Waals surface area contributed by atoms with Crippen LogP contribution in [0.15, 0.2) is 36.5 Å². The van der Waals surface area contributed by atoms with Gasteiger partial charge in [0.15, 0.2) is 5.65 Å². The van der Waals surface area contributed by atoms with Crippen molar-refractivity contribution in [2.75, 3.05) is 6.61 Å². The second-order valence-electron chi connectivity index (χ2n) is 4.80. The number of imidazole rings is 1. The van der Waals surface area contributed by atoms with Crippen molar-refractivity contribution in [2.24, 2.45) is 0 Å². The van der Waals surface area contributed by atoms with Crippen molar-refractivity contribution in [3.8, 4) is 11.4 Å². The molecule has 0 N–H and O–H groups in total. The van der Waals surface area contributed by atoms with Crippen LogP contribution in [0.4, 0.5) is 0 Å². The van der Waals surface area contributed by atoms with E-state index in [0.29, 0.717) is 33.6 Å². The van der Waals surface area contributed by atoms with Gasteiger partial charge in [-0.25, -0.2) is 9.97 Å². The largest absolute Gasteiger partial charge is 0.465 e. The Hall–Kier alpha value is -2.11. The van der Waals surface area contributed by atoms with Crippen molar-refractivity contribution in [1.82, 2.24) is 14.5 Å². The van der Waals surface area contributed by atoms with E-state index in [1.54, 1.807) is 42.0 Å². The predicted octanol–water partition coefficient (Wildman–Crippen LogP) is 3.97. The Bertz CT molecular complexity index is 877. The Morgan fingerprint density at radius 1 is 1.26 bits per heavy atom. The van der Waals surface area contributed by atoms with Crippen molar-refractivity contribution in [1.29, 1.82) is 0 Å². The second kappa shape index (κ2) is 6.56. The lowest BCUT2D eigenvalue weighted by Crippen LogP contribution is -2.14. The van der Waals surface area contributed by atoms with E-state index in [9.17, 15) is 4.79 Å². The Balaban J connectivity index is 2.14. The summed E-state index contributed by atoms with van der Waals surface area (Å²) in [6, 6.07) is 8.85. The van der Waals surface area contributed by atoms with E-state index in [-0.39, 0.29) is 12.5 Å². The number of pyridine rings is 1. The van der Waals surface area contributed by atoms with Crippen molar-refractivity contribution in [3.63, 3.8) is 0 Å². The van der Waals surface area contributed by atoms with Crippen LogP contribution in [0.3, 0.4) is 0 Å². The van der Waals surface area contributed by atoms with Gasteiger partial charge in [0, 0.05) is 11.8 Å². The van der Waals surface area contributed by atoms with Gasteiger partial charge in [-0.15, -0.1) is 0 Å². The molecule has 0 atom stereocenters. The lowest BCUT2D eigenvalue weighted by atomic mass is 10.2. The van der Waals surface area contributed by atoms with Crippen LogP contribution < -0.4 is 0 Å². The monoisotopic (exact) mass is 349 g/mol. The molecule has 5 nitrogen and oxygen atoms in total. The number of benzene rings is 1. The molecule has 2 heterocycles. The summed E-state index contributed by atoms with van der Waals surface area (Å²) < 4.78 is 6.75. The Morgan fingerprint density at radius 3 is 2.83 bits per heavy atom. The molecule has 0 aliphatic heterocycles. The molecule has 0 radical (unpaired) electrons. The fraction of sp³-hybridized carbons (Fsp3) is 0.188. The van der Waals surface area contributed by atoms with Crippen molar-refractivity contribution < 1.29 is 9.53 Å². The lowest BCUT2D eigenvalue weighted by molar-refractivity contribution is -0.143. The first-order valence-electron chi connectivity index (χ1n) is 7.02. The van der Waals surface area contributed by atoms with Gasteiger partial charge in [0.2, 0.25) is 0 Å². The number of esters is 1. The Labute approximate surface area is 142 Å². The summed E-state index contributed by atoms with van der Waals surface area (Å²) in [5.74, 6) is 0.240. The topological polar surface area (TPSA) is 57.0 Å². The molecule has 0 amide bonds. The normalized spacial score (nSPS) is 10.9. The molecule has 7 heteroatoms. The number of nitrogens with zero attached hydrogens (tertiary/aromatic N) is 3. The number of carbonyl (C=O) groups excluding carboxylic acids is 1. The highest BCUT2D eigenvalue weighted by atomic mass is 35.5. The van der Waals surface area contributed by atoms with Crippen LogP contribution in [0.1, 0.15) is 6.92 Å². The van der Waals surface area contributed by atoms with Gasteiger partial charge < -0.3 is 4.74 Å². The SMILES string of the molecule is CCOC(=O)Cn1c(-c2ccc(Cl)c(Cl)c2)nc2cccnc21. The van der Waals surface area contributed by atoms with Crippen LogP contribution in [-0.2, 0) is 16.1 Å². The van der Waals surface area contributed by atoms with E-state index in [0.717, 1.165) is 5.56 Å². The van der Waals surface area contributed by atoms with E-state index in [1.807, 2.05) is 6.07 Å². The zero-order valence-electron chi connectivity index (χ0n) is 12.3. The third-order valence-electron chi connectivity index (χ3n) is 3.27. The van der Waals surface area contributed by atoms with Crippen LogP contribution in [0.2, 0.25) is 10.0 Å². The first-order chi connectivity index (χ1) is 11.1. The molecule has 3 aromatic rings. The van der Waals surface area contributed by atoms with Gasteiger partial charge >= 0.3 is 5.97 Å². The molecule has 0 aliphatic carbocycles. The zero-order chi connectivity index (χ0) is 16.4. The van der Waals surface area contributed by atoms with E-state index in [1.165, 1.54) is 0 Å². The molecule has 0 unspecified atom stereocenters. The summed E-state index contributed by atoms with van der Waals surface area (Å²) in [4.78, 5) is 20.8. The van der Waals surface area contributed by atoms with E-state index in [2.05, 4.69) is 9.97 Å². The van der Waals surface area contributed by atoms with Gasteiger partial charge in [0.1, 0.15) is 17.9 Å². The van der Waals surface area contributed by atoms with E-state index < -0.39 is 0 Å².